The van der Waals surface area contributed by atoms with E-state index in [9.17, 15) is 5.11 Å². The lowest BCUT2D eigenvalue weighted by molar-refractivity contribution is 0.223. The van der Waals surface area contributed by atoms with Gasteiger partial charge in [0.15, 0.2) is 0 Å². The summed E-state index contributed by atoms with van der Waals surface area (Å²) >= 11 is 6.17. The lowest BCUT2D eigenvalue weighted by atomic mass is 9.92. The van der Waals surface area contributed by atoms with Crippen LogP contribution in [0.15, 0.2) is 36.7 Å². The Morgan fingerprint density at radius 1 is 1.24 bits per heavy atom. The van der Waals surface area contributed by atoms with Gasteiger partial charge in [-0.05, 0) is 18.9 Å². The van der Waals surface area contributed by atoms with Crippen LogP contribution in [0, 0.1) is 0 Å². The molecule has 0 aliphatic heterocycles. The highest BCUT2D eigenvalue weighted by molar-refractivity contribution is 6.30. The van der Waals surface area contributed by atoms with Gasteiger partial charge in [-0.2, -0.15) is 0 Å². The Hall–Kier alpha value is -1.65. The van der Waals surface area contributed by atoms with E-state index in [0.29, 0.717) is 11.0 Å². The number of rotatable bonds is 6. The van der Waals surface area contributed by atoms with Crippen molar-refractivity contribution in [2.45, 2.75) is 32.2 Å². The van der Waals surface area contributed by atoms with Crippen molar-refractivity contribution < 1.29 is 5.11 Å². The quantitative estimate of drug-likeness (QED) is 0.803. The number of hydrogen-bond acceptors (Lipinski definition) is 4. The maximum absolute atomic E-state index is 9.85. The molecule has 112 valence electrons. The fraction of sp³-hybridized carbons (Fsp3) is 0.375. The Morgan fingerprint density at radius 2 is 1.95 bits per heavy atom. The minimum Gasteiger partial charge on any atom is -0.394 e. The molecule has 5 heteroatoms. The van der Waals surface area contributed by atoms with Crippen molar-refractivity contribution in [2.24, 2.45) is 0 Å². The first-order chi connectivity index (χ1) is 10.1. The Labute approximate surface area is 130 Å². The Kier molecular flexibility index (Phi) is 5.15. The highest BCUT2D eigenvalue weighted by Crippen LogP contribution is 2.29. The summed E-state index contributed by atoms with van der Waals surface area (Å²) in [6, 6.07) is 9.80. The summed E-state index contributed by atoms with van der Waals surface area (Å²) < 4.78 is 0. The minimum absolute atomic E-state index is 0.0514. The molecule has 0 saturated heterocycles. The first kappa shape index (κ1) is 15.7. The van der Waals surface area contributed by atoms with Crippen molar-refractivity contribution in [3.63, 3.8) is 0 Å². The number of hydrogen-bond donors (Lipinski definition) is 2. The van der Waals surface area contributed by atoms with Gasteiger partial charge in [-0.1, -0.05) is 55.3 Å². The van der Waals surface area contributed by atoms with Crippen LogP contribution in [-0.4, -0.2) is 21.7 Å². The van der Waals surface area contributed by atoms with Gasteiger partial charge in [-0.3, -0.25) is 0 Å². The molecule has 0 spiro atoms. The van der Waals surface area contributed by atoms with E-state index in [0.717, 1.165) is 24.0 Å². The van der Waals surface area contributed by atoms with Crippen molar-refractivity contribution >= 4 is 17.4 Å². The van der Waals surface area contributed by atoms with Gasteiger partial charge in [0.2, 0.25) is 0 Å². The summed E-state index contributed by atoms with van der Waals surface area (Å²) in [4.78, 5) is 8.34. The normalized spacial score (nSPS) is 13.7. The number of aliphatic hydroxyl groups is 1. The van der Waals surface area contributed by atoms with E-state index in [1.54, 1.807) is 0 Å². The van der Waals surface area contributed by atoms with Crippen LogP contribution in [-0.2, 0) is 12.0 Å². The van der Waals surface area contributed by atoms with Crippen molar-refractivity contribution in [3.8, 4) is 0 Å². The second kappa shape index (κ2) is 6.87. The fourth-order valence-corrected chi connectivity index (χ4v) is 2.47. The molecule has 0 saturated carbocycles. The molecule has 0 fully saturated rings. The first-order valence-electron chi connectivity index (χ1n) is 7.04. The topological polar surface area (TPSA) is 58.0 Å². The third-order valence-corrected chi connectivity index (χ3v) is 3.84. The van der Waals surface area contributed by atoms with Gasteiger partial charge in [0.05, 0.1) is 12.1 Å². The zero-order valence-electron chi connectivity index (χ0n) is 12.3. The molecule has 1 unspecified atom stereocenters. The standard InChI is InChI=1S/C16H20ClN3O/c1-3-7-13-14(17)18-11-19-15(13)20-16(2,10-21)12-8-5-4-6-9-12/h4-6,8-9,11,21H,3,7,10H2,1-2H3,(H,18,19,20). The Morgan fingerprint density at radius 3 is 2.57 bits per heavy atom. The van der Waals surface area contributed by atoms with Crippen LogP contribution in [0.5, 0.6) is 0 Å². The summed E-state index contributed by atoms with van der Waals surface area (Å²) in [6.07, 6.45) is 3.17. The summed E-state index contributed by atoms with van der Waals surface area (Å²) in [7, 11) is 0. The predicted molar refractivity (Wildman–Crippen MR) is 85.5 cm³/mol. The molecular weight excluding hydrogens is 286 g/mol. The SMILES string of the molecule is CCCc1c(Cl)ncnc1NC(C)(CO)c1ccccc1. The molecule has 0 radical (unpaired) electrons. The summed E-state index contributed by atoms with van der Waals surface area (Å²) in [5.74, 6) is 0.678. The number of benzene rings is 1. The number of aliphatic hydroxyl groups excluding tert-OH is 1. The second-order valence-electron chi connectivity index (χ2n) is 5.22. The van der Waals surface area contributed by atoms with Gasteiger partial charge in [-0.15, -0.1) is 0 Å². The minimum atomic E-state index is -0.624. The lowest BCUT2D eigenvalue weighted by Crippen LogP contribution is -2.36. The molecule has 1 heterocycles. The smallest absolute Gasteiger partial charge is 0.137 e. The first-order valence-corrected chi connectivity index (χ1v) is 7.42. The van der Waals surface area contributed by atoms with Crippen molar-refractivity contribution in [2.75, 3.05) is 11.9 Å². The average molecular weight is 306 g/mol. The van der Waals surface area contributed by atoms with Gasteiger partial charge < -0.3 is 10.4 Å². The highest BCUT2D eigenvalue weighted by Gasteiger charge is 2.27. The van der Waals surface area contributed by atoms with Crippen LogP contribution in [0.4, 0.5) is 5.82 Å². The van der Waals surface area contributed by atoms with Gasteiger partial charge in [0.25, 0.3) is 0 Å². The highest BCUT2D eigenvalue weighted by atomic mass is 35.5. The van der Waals surface area contributed by atoms with E-state index >= 15 is 0 Å². The molecule has 2 aromatic rings. The molecule has 2 rings (SSSR count). The molecule has 1 atom stereocenters. The van der Waals surface area contributed by atoms with E-state index < -0.39 is 5.54 Å². The molecule has 1 aromatic heterocycles. The zero-order valence-corrected chi connectivity index (χ0v) is 13.1. The Bertz CT molecular complexity index is 591. The maximum Gasteiger partial charge on any atom is 0.137 e. The number of halogens is 1. The number of nitrogens with zero attached hydrogens (tertiary/aromatic N) is 2. The molecule has 1 aromatic carbocycles. The molecule has 0 aliphatic carbocycles. The van der Waals surface area contributed by atoms with E-state index in [2.05, 4.69) is 22.2 Å². The molecule has 0 amide bonds. The number of aromatic nitrogens is 2. The Balaban J connectivity index is 2.37. The predicted octanol–water partition coefficient (Wildman–Crippen LogP) is 3.40. The molecule has 0 bridgehead atoms. The van der Waals surface area contributed by atoms with Crippen molar-refractivity contribution in [3.05, 3.63) is 52.9 Å². The van der Waals surface area contributed by atoms with Crippen molar-refractivity contribution in [1.82, 2.24) is 9.97 Å². The second-order valence-corrected chi connectivity index (χ2v) is 5.58. The molecule has 4 nitrogen and oxygen atoms in total. The largest absolute Gasteiger partial charge is 0.394 e. The summed E-state index contributed by atoms with van der Waals surface area (Å²) in [5, 5.41) is 13.6. The van der Waals surface area contributed by atoms with Crippen molar-refractivity contribution in [1.29, 1.82) is 0 Å². The summed E-state index contributed by atoms with van der Waals surface area (Å²) in [6.45, 7) is 3.97. The van der Waals surface area contributed by atoms with Crippen LogP contribution >= 0.6 is 11.6 Å². The monoisotopic (exact) mass is 305 g/mol. The van der Waals surface area contributed by atoms with E-state index in [1.807, 2.05) is 37.3 Å². The van der Waals surface area contributed by atoms with Crippen LogP contribution in [0.3, 0.4) is 0 Å². The molecule has 21 heavy (non-hydrogen) atoms. The zero-order chi connectivity index (χ0) is 15.3. The van der Waals surface area contributed by atoms with Crippen LogP contribution in [0.1, 0.15) is 31.4 Å². The fourth-order valence-electron chi connectivity index (χ4n) is 2.24. The molecule has 0 aliphatic rings. The number of nitrogens with one attached hydrogen (secondary N) is 1. The third-order valence-electron chi connectivity index (χ3n) is 3.51. The van der Waals surface area contributed by atoms with E-state index in [-0.39, 0.29) is 6.61 Å². The van der Waals surface area contributed by atoms with E-state index in [1.165, 1.54) is 6.33 Å². The van der Waals surface area contributed by atoms with Gasteiger partial charge >= 0.3 is 0 Å². The van der Waals surface area contributed by atoms with Gasteiger partial charge in [0.1, 0.15) is 17.3 Å². The number of anilines is 1. The van der Waals surface area contributed by atoms with Crippen LogP contribution in [0.25, 0.3) is 0 Å². The lowest BCUT2D eigenvalue weighted by Gasteiger charge is -2.31. The van der Waals surface area contributed by atoms with Gasteiger partial charge in [-0.25, -0.2) is 9.97 Å². The third kappa shape index (κ3) is 3.52. The van der Waals surface area contributed by atoms with Crippen LogP contribution in [0.2, 0.25) is 5.15 Å². The molecule has 2 N–H and O–H groups in total. The molecular formula is C16H20ClN3O. The van der Waals surface area contributed by atoms with Gasteiger partial charge in [0, 0.05) is 5.56 Å². The van der Waals surface area contributed by atoms with E-state index in [4.69, 9.17) is 11.6 Å². The van der Waals surface area contributed by atoms with Crippen LogP contribution < -0.4 is 5.32 Å². The average Bonchev–Trinajstić information content (AvgIpc) is 2.51. The summed E-state index contributed by atoms with van der Waals surface area (Å²) in [5.41, 5.74) is 1.25. The maximum atomic E-state index is 9.85.